The average molecular weight is 341 g/mol. The van der Waals surface area contributed by atoms with Crippen molar-refractivity contribution in [3.63, 3.8) is 0 Å². The minimum absolute atomic E-state index is 0.0132. The van der Waals surface area contributed by atoms with Gasteiger partial charge in [-0.25, -0.2) is 0 Å². The van der Waals surface area contributed by atoms with E-state index in [0.717, 1.165) is 45.6 Å². The van der Waals surface area contributed by atoms with Crippen LogP contribution in [-0.2, 0) is 9.53 Å². The van der Waals surface area contributed by atoms with Crippen molar-refractivity contribution < 1.29 is 19.7 Å². The van der Waals surface area contributed by atoms with Crippen molar-refractivity contribution in [3.05, 3.63) is 0 Å². The highest BCUT2D eigenvalue weighted by Gasteiger charge is 2.56. The van der Waals surface area contributed by atoms with E-state index in [1.165, 1.54) is 0 Å². The Morgan fingerprint density at radius 3 is 2.54 bits per heavy atom. The number of aliphatic hydroxyl groups is 2. The Bertz CT molecular complexity index is 420. The average Bonchev–Trinajstić information content (AvgIpc) is 2.64. The van der Waals surface area contributed by atoms with Crippen molar-refractivity contribution in [2.45, 2.75) is 37.9 Å². The molecule has 3 fully saturated rings. The molecule has 0 radical (unpaired) electrons. The van der Waals surface area contributed by atoms with Crippen LogP contribution in [0.25, 0.3) is 0 Å². The highest BCUT2D eigenvalue weighted by molar-refractivity contribution is 5.76. The number of nitrogens with zero attached hydrogens (tertiary/aromatic N) is 2. The molecule has 2 heterocycles. The highest BCUT2D eigenvalue weighted by Crippen LogP contribution is 2.50. The molecular weight excluding hydrogens is 310 g/mol. The van der Waals surface area contributed by atoms with Crippen molar-refractivity contribution in [1.82, 2.24) is 15.1 Å². The van der Waals surface area contributed by atoms with Crippen LogP contribution in [0.3, 0.4) is 0 Å². The van der Waals surface area contributed by atoms with Crippen molar-refractivity contribution in [2.24, 2.45) is 5.41 Å². The lowest BCUT2D eigenvalue weighted by Crippen LogP contribution is -2.63. The van der Waals surface area contributed by atoms with Gasteiger partial charge in [-0.15, -0.1) is 0 Å². The van der Waals surface area contributed by atoms with E-state index in [1.807, 2.05) is 4.90 Å². The smallest absolute Gasteiger partial charge is 0.223 e. The molecule has 1 spiro atoms. The second kappa shape index (κ2) is 8.10. The van der Waals surface area contributed by atoms with Crippen molar-refractivity contribution in [2.75, 3.05) is 59.0 Å². The third-order valence-electron chi connectivity index (χ3n) is 6.05. The SMILES string of the molecule is O=C(CCN1CCNCC1)N1CCC2(CC1)[C@H](O)C[C@@H]2OCCO. The summed E-state index contributed by atoms with van der Waals surface area (Å²) >= 11 is 0. The van der Waals surface area contributed by atoms with Crippen LogP contribution in [0.15, 0.2) is 0 Å². The standard InChI is InChI=1S/C17H31N3O4/c21-11-12-24-15-13-14(22)17(15)2-7-20(8-3-17)16(23)1-6-19-9-4-18-5-10-19/h14-15,18,21-22H,1-13H2/t14-,15+/m1/s1. The van der Waals surface area contributed by atoms with E-state index in [4.69, 9.17) is 9.84 Å². The Hall–Kier alpha value is -0.730. The summed E-state index contributed by atoms with van der Waals surface area (Å²) in [5.41, 5.74) is -0.204. The molecule has 3 rings (SSSR count). The molecule has 0 unspecified atom stereocenters. The molecule has 1 saturated carbocycles. The Balaban J connectivity index is 1.43. The van der Waals surface area contributed by atoms with E-state index >= 15 is 0 Å². The van der Waals surface area contributed by atoms with Crippen molar-refractivity contribution in [3.8, 4) is 0 Å². The zero-order chi connectivity index (χ0) is 17.0. The monoisotopic (exact) mass is 341 g/mol. The lowest BCUT2D eigenvalue weighted by atomic mass is 9.58. The van der Waals surface area contributed by atoms with E-state index in [-0.39, 0.29) is 30.1 Å². The van der Waals surface area contributed by atoms with Crippen LogP contribution in [0.4, 0.5) is 0 Å². The largest absolute Gasteiger partial charge is 0.394 e. The molecule has 0 aromatic heterocycles. The summed E-state index contributed by atoms with van der Waals surface area (Å²) in [6.45, 7) is 6.64. The molecule has 138 valence electrons. The van der Waals surface area contributed by atoms with E-state index in [9.17, 15) is 9.90 Å². The second-order valence-electron chi connectivity index (χ2n) is 7.29. The molecule has 7 nitrogen and oxygen atoms in total. The van der Waals surface area contributed by atoms with Gasteiger partial charge in [0.05, 0.1) is 25.4 Å². The molecular formula is C17H31N3O4. The molecule has 1 aliphatic carbocycles. The fourth-order valence-corrected chi connectivity index (χ4v) is 4.33. The summed E-state index contributed by atoms with van der Waals surface area (Å²) in [4.78, 5) is 16.7. The number of rotatable bonds is 6. The summed E-state index contributed by atoms with van der Waals surface area (Å²) < 4.78 is 5.69. The number of aliphatic hydroxyl groups excluding tert-OH is 2. The molecule has 1 amide bonds. The highest BCUT2D eigenvalue weighted by atomic mass is 16.5. The number of piperazine rings is 1. The predicted molar refractivity (Wildman–Crippen MR) is 89.6 cm³/mol. The molecule has 0 bridgehead atoms. The number of carbonyl (C=O) groups is 1. The Morgan fingerprint density at radius 1 is 1.21 bits per heavy atom. The molecule has 3 aliphatic rings. The maximum absolute atomic E-state index is 12.5. The fourth-order valence-electron chi connectivity index (χ4n) is 4.33. The van der Waals surface area contributed by atoms with Crippen molar-refractivity contribution in [1.29, 1.82) is 0 Å². The van der Waals surface area contributed by atoms with Gasteiger partial charge in [-0.05, 0) is 12.8 Å². The molecule has 0 aromatic carbocycles. The van der Waals surface area contributed by atoms with Gasteiger partial charge >= 0.3 is 0 Å². The molecule has 24 heavy (non-hydrogen) atoms. The first-order chi connectivity index (χ1) is 11.7. The lowest BCUT2D eigenvalue weighted by molar-refractivity contribution is -0.213. The quantitative estimate of drug-likeness (QED) is 0.577. The van der Waals surface area contributed by atoms with Gasteiger partial charge in [0, 0.05) is 64.1 Å². The Labute approximate surface area is 143 Å². The minimum Gasteiger partial charge on any atom is -0.394 e. The van der Waals surface area contributed by atoms with Crippen LogP contribution in [0.1, 0.15) is 25.7 Å². The molecule has 7 heteroatoms. The van der Waals surface area contributed by atoms with Gasteiger partial charge in [-0.3, -0.25) is 4.79 Å². The van der Waals surface area contributed by atoms with Gasteiger partial charge in [0.15, 0.2) is 0 Å². The summed E-state index contributed by atoms with van der Waals surface area (Å²) in [6.07, 6.45) is 2.52. The molecule has 2 aliphatic heterocycles. The van der Waals surface area contributed by atoms with E-state index in [1.54, 1.807) is 0 Å². The molecule has 2 atom stereocenters. The van der Waals surface area contributed by atoms with Crippen LogP contribution >= 0.6 is 0 Å². The van der Waals surface area contributed by atoms with Gasteiger partial charge in [-0.2, -0.15) is 0 Å². The summed E-state index contributed by atoms with van der Waals surface area (Å²) in [6, 6.07) is 0. The topological polar surface area (TPSA) is 85.3 Å². The van der Waals surface area contributed by atoms with E-state index in [0.29, 0.717) is 32.5 Å². The second-order valence-corrected chi connectivity index (χ2v) is 7.29. The maximum atomic E-state index is 12.5. The normalized spacial score (nSPS) is 30.3. The van der Waals surface area contributed by atoms with Gasteiger partial charge in [0.1, 0.15) is 0 Å². The Morgan fingerprint density at radius 2 is 1.92 bits per heavy atom. The van der Waals surface area contributed by atoms with Crippen molar-refractivity contribution >= 4 is 5.91 Å². The summed E-state index contributed by atoms with van der Waals surface area (Å²) in [5.74, 6) is 0.227. The summed E-state index contributed by atoms with van der Waals surface area (Å²) in [5, 5.41) is 22.5. The molecule has 2 saturated heterocycles. The fraction of sp³-hybridized carbons (Fsp3) is 0.941. The number of piperidine rings is 1. The van der Waals surface area contributed by atoms with E-state index < -0.39 is 0 Å². The molecule has 0 aromatic rings. The third-order valence-corrected chi connectivity index (χ3v) is 6.05. The number of hydrogen-bond donors (Lipinski definition) is 3. The van der Waals surface area contributed by atoms with Crippen LogP contribution in [0, 0.1) is 5.41 Å². The third kappa shape index (κ3) is 3.75. The number of hydrogen-bond acceptors (Lipinski definition) is 6. The lowest BCUT2D eigenvalue weighted by Gasteiger charge is -2.56. The van der Waals surface area contributed by atoms with Gasteiger partial charge in [0.2, 0.25) is 5.91 Å². The first kappa shape index (κ1) is 18.1. The number of carbonyl (C=O) groups excluding carboxylic acids is 1. The maximum Gasteiger partial charge on any atom is 0.223 e. The summed E-state index contributed by atoms with van der Waals surface area (Å²) in [7, 11) is 0. The number of likely N-dealkylation sites (tertiary alicyclic amines) is 1. The zero-order valence-electron chi connectivity index (χ0n) is 14.5. The van der Waals surface area contributed by atoms with Crippen LogP contribution < -0.4 is 5.32 Å². The van der Waals surface area contributed by atoms with Crippen LogP contribution in [0.2, 0.25) is 0 Å². The van der Waals surface area contributed by atoms with Crippen LogP contribution in [-0.4, -0.2) is 97.2 Å². The minimum atomic E-state index is -0.334. The predicted octanol–water partition coefficient (Wildman–Crippen LogP) is -0.967. The number of ether oxygens (including phenoxy) is 1. The first-order valence-corrected chi connectivity index (χ1v) is 9.27. The van der Waals surface area contributed by atoms with Gasteiger partial charge < -0.3 is 30.1 Å². The van der Waals surface area contributed by atoms with Crippen LogP contribution in [0.5, 0.6) is 0 Å². The van der Waals surface area contributed by atoms with Gasteiger partial charge in [-0.1, -0.05) is 0 Å². The number of nitrogens with one attached hydrogen (secondary N) is 1. The number of amides is 1. The zero-order valence-corrected chi connectivity index (χ0v) is 14.5. The van der Waals surface area contributed by atoms with Gasteiger partial charge in [0.25, 0.3) is 0 Å². The Kier molecular flexibility index (Phi) is 6.10. The first-order valence-electron chi connectivity index (χ1n) is 9.27. The van der Waals surface area contributed by atoms with E-state index in [2.05, 4.69) is 10.2 Å². The molecule has 3 N–H and O–H groups in total.